The molecule has 1 aromatic rings. The van der Waals surface area contributed by atoms with Gasteiger partial charge in [-0.05, 0) is 38.8 Å². The minimum absolute atomic E-state index is 0.119. The van der Waals surface area contributed by atoms with Crippen LogP contribution in [-0.4, -0.2) is 36.4 Å². The van der Waals surface area contributed by atoms with Crippen molar-refractivity contribution in [3.63, 3.8) is 0 Å². The van der Waals surface area contributed by atoms with Gasteiger partial charge in [-0.3, -0.25) is 0 Å². The second kappa shape index (κ2) is 5.29. The van der Waals surface area contributed by atoms with Crippen LogP contribution >= 0.6 is 0 Å². The second-order valence-electron chi connectivity index (χ2n) is 5.85. The Hall–Kier alpha value is -1.06. The van der Waals surface area contributed by atoms with Crippen molar-refractivity contribution in [1.82, 2.24) is 5.32 Å². The number of hydrogen-bond donors (Lipinski definition) is 2. The summed E-state index contributed by atoms with van der Waals surface area (Å²) in [5.41, 5.74) is 2.72. The van der Waals surface area contributed by atoms with Crippen molar-refractivity contribution in [2.45, 2.75) is 38.8 Å². The van der Waals surface area contributed by atoms with Crippen molar-refractivity contribution in [1.29, 1.82) is 0 Å². The number of piperazine rings is 1. The summed E-state index contributed by atoms with van der Waals surface area (Å²) >= 11 is 0. The Labute approximate surface area is 110 Å². The number of rotatable bonds is 3. The van der Waals surface area contributed by atoms with Crippen LogP contribution in [-0.2, 0) is 0 Å². The topological polar surface area (TPSA) is 35.5 Å². The smallest absolute Gasteiger partial charge is 0.0451 e. The first-order valence-corrected chi connectivity index (χ1v) is 6.72. The van der Waals surface area contributed by atoms with E-state index < -0.39 is 0 Å². The van der Waals surface area contributed by atoms with Gasteiger partial charge in [0.25, 0.3) is 0 Å². The molecule has 0 amide bonds. The first-order chi connectivity index (χ1) is 8.53. The number of anilines is 1. The summed E-state index contributed by atoms with van der Waals surface area (Å²) in [5.74, 6) is 0. The number of hydrogen-bond acceptors (Lipinski definition) is 3. The van der Waals surface area contributed by atoms with E-state index in [2.05, 4.69) is 55.3 Å². The Morgan fingerprint density at radius 1 is 1.39 bits per heavy atom. The number of aliphatic hydroxyl groups excluding tert-OH is 1. The number of nitrogens with one attached hydrogen (secondary N) is 1. The Balaban J connectivity index is 2.27. The van der Waals surface area contributed by atoms with Crippen LogP contribution in [0.15, 0.2) is 24.3 Å². The molecule has 18 heavy (non-hydrogen) atoms. The van der Waals surface area contributed by atoms with Crippen molar-refractivity contribution < 1.29 is 5.11 Å². The average molecular weight is 248 g/mol. The van der Waals surface area contributed by atoms with Gasteiger partial charge in [-0.1, -0.05) is 18.2 Å². The highest BCUT2D eigenvalue weighted by atomic mass is 16.3. The largest absolute Gasteiger partial charge is 0.396 e. The summed E-state index contributed by atoms with van der Waals surface area (Å²) in [6.07, 6.45) is 0.817. The summed E-state index contributed by atoms with van der Waals surface area (Å²) in [6, 6.07) is 8.88. The number of para-hydroxylation sites is 1. The van der Waals surface area contributed by atoms with Gasteiger partial charge in [-0.2, -0.15) is 0 Å². The van der Waals surface area contributed by atoms with Gasteiger partial charge in [0.05, 0.1) is 0 Å². The zero-order valence-electron chi connectivity index (χ0n) is 11.6. The summed E-state index contributed by atoms with van der Waals surface area (Å²) in [6.45, 7) is 8.76. The molecule has 3 heteroatoms. The van der Waals surface area contributed by atoms with Crippen LogP contribution in [0.2, 0.25) is 0 Å². The first-order valence-electron chi connectivity index (χ1n) is 6.72. The monoisotopic (exact) mass is 248 g/mol. The summed E-state index contributed by atoms with van der Waals surface area (Å²) in [7, 11) is 0. The maximum absolute atomic E-state index is 9.23. The molecule has 2 rings (SSSR count). The molecule has 0 aromatic heterocycles. The number of benzene rings is 1. The number of aryl methyl sites for hydroxylation is 1. The normalized spacial score (nSPS) is 23.1. The third kappa shape index (κ3) is 2.85. The average Bonchev–Trinajstić information content (AvgIpc) is 2.32. The lowest BCUT2D eigenvalue weighted by Crippen LogP contribution is -2.62. The molecular weight excluding hydrogens is 224 g/mol. The van der Waals surface area contributed by atoms with E-state index in [4.69, 9.17) is 0 Å². The molecule has 3 nitrogen and oxygen atoms in total. The fraction of sp³-hybridized carbons (Fsp3) is 0.600. The molecule has 1 aliphatic rings. The van der Waals surface area contributed by atoms with Gasteiger partial charge < -0.3 is 15.3 Å². The van der Waals surface area contributed by atoms with E-state index in [1.807, 2.05) is 0 Å². The van der Waals surface area contributed by atoms with Crippen molar-refractivity contribution >= 4 is 5.69 Å². The SMILES string of the molecule is Cc1ccccc1N1CC(C)(C)NCC1CCO. The van der Waals surface area contributed by atoms with E-state index in [9.17, 15) is 5.11 Å². The zero-order valence-corrected chi connectivity index (χ0v) is 11.6. The molecule has 0 bridgehead atoms. The number of aliphatic hydroxyl groups is 1. The van der Waals surface area contributed by atoms with Crippen molar-refractivity contribution in [2.75, 3.05) is 24.6 Å². The molecule has 0 aliphatic carbocycles. The highest BCUT2D eigenvalue weighted by Crippen LogP contribution is 2.27. The Morgan fingerprint density at radius 2 is 2.11 bits per heavy atom. The quantitative estimate of drug-likeness (QED) is 0.858. The van der Waals surface area contributed by atoms with Gasteiger partial charge in [0.2, 0.25) is 0 Å². The van der Waals surface area contributed by atoms with Gasteiger partial charge in [-0.25, -0.2) is 0 Å². The Bertz CT molecular complexity index is 403. The van der Waals surface area contributed by atoms with Gasteiger partial charge in [-0.15, -0.1) is 0 Å². The van der Waals surface area contributed by atoms with E-state index in [1.165, 1.54) is 11.3 Å². The third-order valence-electron chi connectivity index (χ3n) is 3.71. The molecule has 1 fully saturated rings. The molecule has 100 valence electrons. The van der Waals surface area contributed by atoms with Gasteiger partial charge in [0.15, 0.2) is 0 Å². The molecule has 0 spiro atoms. The fourth-order valence-corrected chi connectivity index (χ4v) is 2.69. The molecule has 1 atom stereocenters. The minimum atomic E-state index is 0.119. The summed E-state index contributed by atoms with van der Waals surface area (Å²) in [5, 5.41) is 12.8. The highest BCUT2D eigenvalue weighted by Gasteiger charge is 2.32. The lowest BCUT2D eigenvalue weighted by molar-refractivity contribution is 0.241. The molecule has 1 heterocycles. The van der Waals surface area contributed by atoms with Gasteiger partial charge in [0.1, 0.15) is 0 Å². The molecule has 1 saturated heterocycles. The van der Waals surface area contributed by atoms with Gasteiger partial charge >= 0.3 is 0 Å². The third-order valence-corrected chi connectivity index (χ3v) is 3.71. The number of nitrogens with zero attached hydrogens (tertiary/aromatic N) is 1. The molecule has 1 aliphatic heterocycles. The maximum Gasteiger partial charge on any atom is 0.0451 e. The maximum atomic E-state index is 9.23. The lowest BCUT2D eigenvalue weighted by Gasteiger charge is -2.46. The van der Waals surface area contributed by atoms with E-state index in [0.717, 1.165) is 19.5 Å². The molecule has 1 unspecified atom stereocenters. The second-order valence-corrected chi connectivity index (χ2v) is 5.85. The molecule has 1 aromatic carbocycles. The van der Waals surface area contributed by atoms with Crippen molar-refractivity contribution in [2.24, 2.45) is 0 Å². The summed E-state index contributed by atoms with van der Waals surface area (Å²) in [4.78, 5) is 2.45. The predicted octanol–water partition coefficient (Wildman–Crippen LogP) is 1.93. The standard InChI is InChI=1S/C15H24N2O/c1-12-6-4-5-7-14(12)17-11-15(2,3)16-10-13(17)8-9-18/h4-7,13,16,18H,8-11H2,1-3H3. The lowest BCUT2D eigenvalue weighted by atomic mass is 9.96. The fourth-order valence-electron chi connectivity index (χ4n) is 2.69. The minimum Gasteiger partial charge on any atom is -0.396 e. The van der Waals surface area contributed by atoms with Crippen LogP contribution in [0.1, 0.15) is 25.8 Å². The van der Waals surface area contributed by atoms with Gasteiger partial charge in [0, 0.05) is 37.0 Å². The van der Waals surface area contributed by atoms with E-state index in [0.29, 0.717) is 6.04 Å². The van der Waals surface area contributed by atoms with Crippen molar-refractivity contribution in [3.05, 3.63) is 29.8 Å². The highest BCUT2D eigenvalue weighted by molar-refractivity contribution is 5.54. The Kier molecular flexibility index (Phi) is 3.93. The predicted molar refractivity (Wildman–Crippen MR) is 76.1 cm³/mol. The van der Waals surface area contributed by atoms with Crippen LogP contribution in [0.25, 0.3) is 0 Å². The zero-order chi connectivity index (χ0) is 13.2. The van der Waals surface area contributed by atoms with E-state index >= 15 is 0 Å². The first kappa shape index (κ1) is 13.4. The van der Waals surface area contributed by atoms with Crippen LogP contribution in [0.3, 0.4) is 0 Å². The van der Waals surface area contributed by atoms with Crippen LogP contribution < -0.4 is 10.2 Å². The molecule has 0 radical (unpaired) electrons. The molecule has 0 saturated carbocycles. The van der Waals surface area contributed by atoms with Crippen LogP contribution in [0.5, 0.6) is 0 Å². The van der Waals surface area contributed by atoms with Crippen molar-refractivity contribution in [3.8, 4) is 0 Å². The molecule has 2 N–H and O–H groups in total. The van der Waals surface area contributed by atoms with E-state index in [-0.39, 0.29) is 12.1 Å². The van der Waals surface area contributed by atoms with Crippen LogP contribution in [0, 0.1) is 6.92 Å². The Morgan fingerprint density at radius 3 is 2.78 bits per heavy atom. The van der Waals surface area contributed by atoms with E-state index in [1.54, 1.807) is 0 Å². The summed E-state index contributed by atoms with van der Waals surface area (Å²) < 4.78 is 0. The molecular formula is C15H24N2O. The van der Waals surface area contributed by atoms with Crippen LogP contribution in [0.4, 0.5) is 5.69 Å².